The van der Waals surface area contributed by atoms with Crippen LogP contribution in [0.25, 0.3) is 5.70 Å². The summed E-state index contributed by atoms with van der Waals surface area (Å²) in [6.45, 7) is -0.0382. The average molecular weight is 328 g/mol. The molecule has 0 atom stereocenters. The quantitative estimate of drug-likeness (QED) is 0.818. The normalized spacial score (nSPS) is 15.7. The van der Waals surface area contributed by atoms with E-state index in [0.717, 1.165) is 5.06 Å². The van der Waals surface area contributed by atoms with Crippen LogP contribution in [0.5, 0.6) is 0 Å². The summed E-state index contributed by atoms with van der Waals surface area (Å²) in [5.41, 5.74) is 0.850. The fraction of sp³-hybridized carbons (Fsp3) is 0.0588. The van der Waals surface area contributed by atoms with Crippen molar-refractivity contribution in [1.82, 2.24) is 5.06 Å². The van der Waals surface area contributed by atoms with Crippen molar-refractivity contribution in [2.24, 2.45) is 4.99 Å². The van der Waals surface area contributed by atoms with Crippen molar-refractivity contribution in [3.63, 3.8) is 0 Å². The molecule has 4 nitrogen and oxygen atoms in total. The molecule has 0 unspecified atom stereocenters. The topological polar surface area (TPSA) is 59.6 Å². The lowest BCUT2D eigenvalue weighted by Gasteiger charge is -2.19. The van der Waals surface area contributed by atoms with Crippen LogP contribution in [0.3, 0.4) is 0 Å². The molecule has 2 aromatic carbocycles. The van der Waals surface area contributed by atoms with Gasteiger partial charge in [0.25, 0.3) is 0 Å². The summed E-state index contributed by atoms with van der Waals surface area (Å²) >= 11 is 6.05. The number of nitriles is 1. The lowest BCUT2D eigenvalue weighted by atomic mass is 10.1. The number of rotatable bonds is 1. The second-order valence-corrected chi connectivity index (χ2v) is 5.36. The molecule has 0 aromatic heterocycles. The van der Waals surface area contributed by atoms with Gasteiger partial charge in [0.05, 0.1) is 29.4 Å². The van der Waals surface area contributed by atoms with E-state index >= 15 is 0 Å². The summed E-state index contributed by atoms with van der Waals surface area (Å²) in [6.07, 6.45) is 1.24. The highest BCUT2D eigenvalue weighted by atomic mass is 35.5. The van der Waals surface area contributed by atoms with Crippen LogP contribution in [0, 0.1) is 17.1 Å². The lowest BCUT2D eigenvalue weighted by molar-refractivity contribution is -0.0187. The molecule has 1 N–H and O–H groups in total. The Kier molecular flexibility index (Phi) is 4.11. The third-order valence-electron chi connectivity index (χ3n) is 3.41. The Morgan fingerprint density at radius 2 is 2.09 bits per heavy atom. The zero-order valence-corrected chi connectivity index (χ0v) is 12.6. The fourth-order valence-corrected chi connectivity index (χ4v) is 2.62. The number of benzene rings is 2. The molecule has 0 bridgehead atoms. The molecule has 1 heterocycles. The van der Waals surface area contributed by atoms with Crippen molar-refractivity contribution in [1.29, 1.82) is 5.26 Å². The van der Waals surface area contributed by atoms with Gasteiger partial charge in [-0.05, 0) is 30.3 Å². The SMILES string of the molecule is N#C/C=C1/CN(O)C(c2ccccc2F)=c2cc(Cl)ccc2=N1. The molecule has 23 heavy (non-hydrogen) atoms. The first-order chi connectivity index (χ1) is 11.1. The van der Waals surface area contributed by atoms with Gasteiger partial charge in [-0.3, -0.25) is 10.2 Å². The van der Waals surface area contributed by atoms with Crippen LogP contribution < -0.4 is 10.6 Å². The van der Waals surface area contributed by atoms with Crippen LogP contribution in [0.2, 0.25) is 5.02 Å². The summed E-state index contributed by atoms with van der Waals surface area (Å²) < 4.78 is 14.2. The molecule has 0 fully saturated rings. The molecule has 114 valence electrons. The smallest absolute Gasteiger partial charge is 0.132 e. The van der Waals surface area contributed by atoms with Gasteiger partial charge in [0, 0.05) is 21.9 Å². The molecule has 2 aromatic rings. The van der Waals surface area contributed by atoms with Crippen LogP contribution in [0.1, 0.15) is 5.56 Å². The van der Waals surface area contributed by atoms with E-state index in [0.29, 0.717) is 21.3 Å². The maximum absolute atomic E-state index is 14.2. The largest absolute Gasteiger partial charge is 0.288 e. The minimum atomic E-state index is -0.472. The Hall–Kier alpha value is -2.68. The molecule has 0 amide bonds. The minimum absolute atomic E-state index is 0.0382. The molecule has 0 saturated carbocycles. The first-order valence-corrected chi connectivity index (χ1v) is 7.16. The third kappa shape index (κ3) is 2.95. The Balaban J connectivity index is 2.43. The van der Waals surface area contributed by atoms with Crippen molar-refractivity contribution < 1.29 is 9.60 Å². The molecule has 0 saturated heterocycles. The maximum atomic E-state index is 14.2. The zero-order chi connectivity index (χ0) is 16.4. The zero-order valence-electron chi connectivity index (χ0n) is 11.9. The van der Waals surface area contributed by atoms with Crippen LogP contribution >= 0.6 is 11.6 Å². The van der Waals surface area contributed by atoms with Gasteiger partial charge in [0.1, 0.15) is 5.82 Å². The van der Waals surface area contributed by atoms with Gasteiger partial charge in [-0.2, -0.15) is 5.26 Å². The Bertz CT molecular complexity index is 963. The van der Waals surface area contributed by atoms with Crippen LogP contribution in [-0.2, 0) is 0 Å². The summed E-state index contributed by atoms with van der Waals surface area (Å²) in [5, 5.41) is 21.6. The first kappa shape index (κ1) is 15.2. The predicted molar refractivity (Wildman–Crippen MR) is 83.3 cm³/mol. The monoisotopic (exact) mass is 327 g/mol. The van der Waals surface area contributed by atoms with E-state index in [1.165, 1.54) is 12.1 Å². The van der Waals surface area contributed by atoms with Gasteiger partial charge >= 0.3 is 0 Å². The summed E-state index contributed by atoms with van der Waals surface area (Å²) in [4.78, 5) is 4.36. The van der Waals surface area contributed by atoms with Crippen molar-refractivity contribution in [2.75, 3.05) is 6.54 Å². The van der Waals surface area contributed by atoms with Crippen molar-refractivity contribution in [3.8, 4) is 6.07 Å². The highest BCUT2D eigenvalue weighted by Crippen LogP contribution is 2.20. The summed E-state index contributed by atoms with van der Waals surface area (Å²) in [5.74, 6) is -0.472. The molecular formula is C17H11ClFN3O. The molecular weight excluding hydrogens is 317 g/mol. The minimum Gasteiger partial charge on any atom is -0.288 e. The van der Waals surface area contributed by atoms with Crippen LogP contribution in [0.15, 0.2) is 59.2 Å². The van der Waals surface area contributed by atoms with Crippen molar-refractivity contribution >= 4 is 17.3 Å². The van der Waals surface area contributed by atoms with Gasteiger partial charge < -0.3 is 0 Å². The van der Waals surface area contributed by atoms with E-state index in [1.807, 2.05) is 6.07 Å². The maximum Gasteiger partial charge on any atom is 0.132 e. The predicted octanol–water partition coefficient (Wildman–Crippen LogP) is 2.37. The van der Waals surface area contributed by atoms with E-state index in [1.54, 1.807) is 36.4 Å². The highest BCUT2D eigenvalue weighted by molar-refractivity contribution is 6.30. The number of allylic oxidation sites excluding steroid dienone is 1. The van der Waals surface area contributed by atoms with E-state index < -0.39 is 5.82 Å². The molecule has 6 heteroatoms. The average Bonchev–Trinajstić information content (AvgIpc) is 2.64. The standard InChI is InChI=1S/C17H11ClFN3O/c18-11-5-6-16-14(9-11)17(13-3-1-2-4-15(13)19)22(23)10-12(21-16)7-8-20/h1-7,9,23H,10H2/b12-7-. The Labute approximate surface area is 136 Å². The fourth-order valence-electron chi connectivity index (χ4n) is 2.45. The molecule has 3 rings (SSSR count). The summed E-state index contributed by atoms with van der Waals surface area (Å²) in [6, 6.07) is 13.0. The van der Waals surface area contributed by atoms with Gasteiger partial charge in [0.15, 0.2) is 0 Å². The van der Waals surface area contributed by atoms with E-state index in [-0.39, 0.29) is 17.8 Å². The second-order valence-electron chi connectivity index (χ2n) is 4.92. The molecule has 0 aliphatic carbocycles. The van der Waals surface area contributed by atoms with E-state index in [4.69, 9.17) is 16.9 Å². The second kappa shape index (κ2) is 6.21. The van der Waals surface area contributed by atoms with Crippen molar-refractivity contribution in [3.05, 3.63) is 81.2 Å². The van der Waals surface area contributed by atoms with E-state index in [9.17, 15) is 9.60 Å². The molecule has 1 aliphatic rings. The van der Waals surface area contributed by atoms with Gasteiger partial charge in [-0.25, -0.2) is 9.45 Å². The number of hydroxylamine groups is 2. The lowest BCUT2D eigenvalue weighted by Crippen LogP contribution is -2.32. The highest BCUT2D eigenvalue weighted by Gasteiger charge is 2.19. The Morgan fingerprint density at radius 1 is 1.30 bits per heavy atom. The molecule has 1 aliphatic heterocycles. The number of nitrogens with zero attached hydrogens (tertiary/aromatic N) is 3. The van der Waals surface area contributed by atoms with Gasteiger partial charge in [-0.15, -0.1) is 0 Å². The number of hydrogen-bond donors (Lipinski definition) is 1. The molecule has 0 spiro atoms. The number of hydrogen-bond acceptors (Lipinski definition) is 4. The third-order valence-corrected chi connectivity index (χ3v) is 3.64. The Morgan fingerprint density at radius 3 is 2.83 bits per heavy atom. The van der Waals surface area contributed by atoms with Crippen molar-refractivity contribution in [2.45, 2.75) is 0 Å². The van der Waals surface area contributed by atoms with Gasteiger partial charge in [0.2, 0.25) is 0 Å². The summed E-state index contributed by atoms with van der Waals surface area (Å²) in [7, 11) is 0. The van der Waals surface area contributed by atoms with Crippen LogP contribution in [0.4, 0.5) is 4.39 Å². The first-order valence-electron chi connectivity index (χ1n) is 6.78. The number of fused-ring (bicyclic) bond motifs is 1. The van der Waals surface area contributed by atoms with E-state index in [2.05, 4.69) is 4.99 Å². The number of halogens is 2. The molecule has 0 radical (unpaired) electrons. The van der Waals surface area contributed by atoms with Gasteiger partial charge in [-0.1, -0.05) is 23.7 Å². The van der Waals surface area contributed by atoms with Crippen LogP contribution in [-0.4, -0.2) is 16.8 Å².